The average Bonchev–Trinajstić information content (AvgIpc) is 3.22. The SMILES string of the molecule is CC(C)(C)OC(=O)N1CCc2nc(NC(=O)c3cn4cccnc4n3)sc2C1. The van der Waals surface area contributed by atoms with Crippen molar-refractivity contribution in [3.05, 3.63) is 40.9 Å². The van der Waals surface area contributed by atoms with Gasteiger partial charge in [0.05, 0.1) is 12.2 Å². The highest BCUT2D eigenvalue weighted by molar-refractivity contribution is 7.15. The van der Waals surface area contributed by atoms with Crippen molar-refractivity contribution in [3.63, 3.8) is 0 Å². The van der Waals surface area contributed by atoms with E-state index in [1.54, 1.807) is 34.0 Å². The van der Waals surface area contributed by atoms with Crippen LogP contribution in [0.15, 0.2) is 24.7 Å². The van der Waals surface area contributed by atoms with Crippen LogP contribution in [-0.2, 0) is 17.7 Å². The van der Waals surface area contributed by atoms with E-state index in [0.29, 0.717) is 30.4 Å². The molecule has 0 aliphatic carbocycles. The molecule has 1 aliphatic heterocycles. The Balaban J connectivity index is 1.45. The number of imidazole rings is 1. The lowest BCUT2D eigenvalue weighted by molar-refractivity contribution is 0.0225. The highest BCUT2D eigenvalue weighted by Gasteiger charge is 2.28. The number of nitrogens with one attached hydrogen (secondary N) is 1. The van der Waals surface area contributed by atoms with E-state index in [-0.39, 0.29) is 17.7 Å². The summed E-state index contributed by atoms with van der Waals surface area (Å²) >= 11 is 1.36. The van der Waals surface area contributed by atoms with Crippen molar-refractivity contribution in [2.45, 2.75) is 39.3 Å². The van der Waals surface area contributed by atoms with E-state index in [0.717, 1.165) is 10.6 Å². The zero-order valence-electron chi connectivity index (χ0n) is 15.8. The molecule has 2 amide bonds. The Morgan fingerprint density at radius 2 is 2.11 bits per heavy atom. The van der Waals surface area contributed by atoms with Crippen LogP contribution < -0.4 is 5.32 Å². The molecular formula is C18H20N6O3S. The minimum absolute atomic E-state index is 0.266. The Bertz CT molecular complexity index is 1020. The van der Waals surface area contributed by atoms with Gasteiger partial charge in [-0.3, -0.25) is 14.5 Å². The zero-order valence-corrected chi connectivity index (χ0v) is 16.6. The van der Waals surface area contributed by atoms with E-state index in [2.05, 4.69) is 20.3 Å². The number of carbonyl (C=O) groups excluding carboxylic acids is 2. The van der Waals surface area contributed by atoms with Crippen LogP contribution in [0.4, 0.5) is 9.93 Å². The maximum Gasteiger partial charge on any atom is 0.410 e. The Hall–Kier alpha value is -3.01. The van der Waals surface area contributed by atoms with Crippen molar-refractivity contribution in [2.24, 2.45) is 0 Å². The van der Waals surface area contributed by atoms with Gasteiger partial charge in [-0.15, -0.1) is 0 Å². The fraction of sp³-hybridized carbons (Fsp3) is 0.389. The Morgan fingerprint density at radius 1 is 1.29 bits per heavy atom. The van der Waals surface area contributed by atoms with Crippen LogP contribution in [0.3, 0.4) is 0 Å². The van der Waals surface area contributed by atoms with Crippen LogP contribution in [0, 0.1) is 0 Å². The number of anilines is 1. The van der Waals surface area contributed by atoms with Gasteiger partial charge in [-0.1, -0.05) is 11.3 Å². The van der Waals surface area contributed by atoms with E-state index in [4.69, 9.17) is 4.74 Å². The molecule has 9 nitrogen and oxygen atoms in total. The molecule has 146 valence electrons. The van der Waals surface area contributed by atoms with Crippen molar-refractivity contribution in [2.75, 3.05) is 11.9 Å². The molecule has 0 bridgehead atoms. The molecule has 0 saturated carbocycles. The average molecular weight is 400 g/mol. The number of hydrogen-bond acceptors (Lipinski definition) is 7. The lowest BCUT2D eigenvalue weighted by Crippen LogP contribution is -2.39. The Labute approximate surface area is 165 Å². The van der Waals surface area contributed by atoms with Gasteiger partial charge in [0.25, 0.3) is 5.91 Å². The standard InChI is InChI=1S/C18H20N6O3S/c1-18(2,3)27-17(26)24-8-5-11-13(10-24)28-16(21-11)22-14(25)12-9-23-7-4-6-19-15(23)20-12/h4,6-7,9H,5,8,10H2,1-3H3,(H,21,22,25). The summed E-state index contributed by atoms with van der Waals surface area (Å²) < 4.78 is 7.12. The van der Waals surface area contributed by atoms with E-state index >= 15 is 0 Å². The maximum atomic E-state index is 12.5. The van der Waals surface area contributed by atoms with Crippen molar-refractivity contribution in [3.8, 4) is 0 Å². The molecule has 0 unspecified atom stereocenters. The third-order valence-electron chi connectivity index (χ3n) is 4.07. The molecule has 28 heavy (non-hydrogen) atoms. The number of carbonyl (C=O) groups is 2. The molecule has 0 atom stereocenters. The van der Waals surface area contributed by atoms with Crippen LogP contribution in [0.1, 0.15) is 41.8 Å². The summed E-state index contributed by atoms with van der Waals surface area (Å²) in [6.07, 6.45) is 5.30. The molecule has 0 saturated heterocycles. The lowest BCUT2D eigenvalue weighted by atomic mass is 10.2. The minimum Gasteiger partial charge on any atom is -0.444 e. The van der Waals surface area contributed by atoms with Crippen molar-refractivity contribution >= 4 is 34.2 Å². The van der Waals surface area contributed by atoms with Crippen LogP contribution >= 0.6 is 11.3 Å². The van der Waals surface area contributed by atoms with Gasteiger partial charge in [0.1, 0.15) is 11.3 Å². The third kappa shape index (κ3) is 3.81. The maximum absolute atomic E-state index is 12.5. The highest BCUT2D eigenvalue weighted by Crippen LogP contribution is 2.29. The van der Waals surface area contributed by atoms with Gasteiger partial charge < -0.3 is 9.64 Å². The second-order valence-electron chi connectivity index (χ2n) is 7.45. The van der Waals surface area contributed by atoms with Crippen LogP contribution in [-0.4, -0.2) is 48.4 Å². The van der Waals surface area contributed by atoms with Gasteiger partial charge in [0.15, 0.2) is 5.13 Å². The van der Waals surface area contributed by atoms with Crippen molar-refractivity contribution < 1.29 is 14.3 Å². The molecule has 4 rings (SSSR count). The Morgan fingerprint density at radius 3 is 2.86 bits per heavy atom. The van der Waals surface area contributed by atoms with Gasteiger partial charge in [-0.2, -0.15) is 0 Å². The van der Waals surface area contributed by atoms with Gasteiger partial charge in [0.2, 0.25) is 5.78 Å². The summed E-state index contributed by atoms with van der Waals surface area (Å²) in [5.41, 5.74) is 0.631. The first-order valence-electron chi connectivity index (χ1n) is 8.86. The van der Waals surface area contributed by atoms with Gasteiger partial charge >= 0.3 is 6.09 Å². The molecular weight excluding hydrogens is 380 g/mol. The smallest absolute Gasteiger partial charge is 0.410 e. The molecule has 0 radical (unpaired) electrons. The predicted molar refractivity (Wildman–Crippen MR) is 103 cm³/mol. The minimum atomic E-state index is -0.535. The molecule has 0 aromatic carbocycles. The fourth-order valence-electron chi connectivity index (χ4n) is 2.83. The van der Waals surface area contributed by atoms with Gasteiger partial charge in [-0.05, 0) is 26.8 Å². The molecule has 1 aliphatic rings. The predicted octanol–water partition coefficient (Wildman–Crippen LogP) is 2.73. The fourth-order valence-corrected chi connectivity index (χ4v) is 3.85. The normalized spacial score (nSPS) is 14.0. The summed E-state index contributed by atoms with van der Waals surface area (Å²) in [4.78, 5) is 40.2. The number of nitrogens with zero attached hydrogens (tertiary/aromatic N) is 5. The largest absolute Gasteiger partial charge is 0.444 e. The molecule has 0 fully saturated rings. The first kappa shape index (κ1) is 18.4. The second-order valence-corrected chi connectivity index (χ2v) is 8.53. The topological polar surface area (TPSA) is 102 Å². The van der Waals surface area contributed by atoms with E-state index in [1.807, 2.05) is 20.8 Å². The molecule has 0 spiro atoms. The molecule has 10 heteroatoms. The quantitative estimate of drug-likeness (QED) is 0.710. The van der Waals surface area contributed by atoms with Crippen LogP contribution in [0.25, 0.3) is 5.78 Å². The summed E-state index contributed by atoms with van der Waals surface area (Å²) in [6.45, 7) is 6.49. The number of hydrogen-bond donors (Lipinski definition) is 1. The second kappa shape index (κ2) is 6.86. The van der Waals surface area contributed by atoms with Crippen LogP contribution in [0.2, 0.25) is 0 Å². The third-order valence-corrected chi connectivity index (χ3v) is 5.07. The Kier molecular flexibility index (Phi) is 4.50. The van der Waals surface area contributed by atoms with E-state index in [1.165, 1.54) is 11.3 Å². The van der Waals surface area contributed by atoms with Gasteiger partial charge in [0, 0.05) is 36.4 Å². The highest BCUT2D eigenvalue weighted by atomic mass is 32.1. The summed E-state index contributed by atoms with van der Waals surface area (Å²) in [5.74, 6) is 0.111. The van der Waals surface area contributed by atoms with E-state index in [9.17, 15) is 9.59 Å². The van der Waals surface area contributed by atoms with E-state index < -0.39 is 5.60 Å². The number of ether oxygens (including phenoxy) is 1. The van der Waals surface area contributed by atoms with Gasteiger partial charge in [-0.25, -0.2) is 19.7 Å². The summed E-state index contributed by atoms with van der Waals surface area (Å²) in [7, 11) is 0. The number of aromatic nitrogens is 4. The monoisotopic (exact) mass is 400 g/mol. The zero-order chi connectivity index (χ0) is 19.9. The number of fused-ring (bicyclic) bond motifs is 2. The molecule has 3 aromatic rings. The molecule has 3 aromatic heterocycles. The van der Waals surface area contributed by atoms with Crippen molar-refractivity contribution in [1.29, 1.82) is 0 Å². The number of thiazole rings is 1. The first-order chi connectivity index (χ1) is 13.3. The van der Waals surface area contributed by atoms with Crippen LogP contribution in [0.5, 0.6) is 0 Å². The lowest BCUT2D eigenvalue weighted by Gasteiger charge is -2.29. The summed E-state index contributed by atoms with van der Waals surface area (Å²) in [5, 5.41) is 3.28. The molecule has 4 heterocycles. The first-order valence-corrected chi connectivity index (χ1v) is 9.68. The summed E-state index contributed by atoms with van der Waals surface area (Å²) in [6, 6.07) is 1.77. The molecule has 1 N–H and O–H groups in total. The number of amides is 2. The number of rotatable bonds is 2. The van der Waals surface area contributed by atoms with Crippen molar-refractivity contribution in [1.82, 2.24) is 24.3 Å².